The van der Waals surface area contributed by atoms with Crippen molar-refractivity contribution in [2.24, 2.45) is 5.73 Å². The lowest BCUT2D eigenvalue weighted by Crippen LogP contribution is -2.33. The molecule has 7 heteroatoms. The Balaban J connectivity index is 2.63. The molecule has 0 aliphatic rings. The summed E-state index contributed by atoms with van der Waals surface area (Å²) in [5, 5.41) is 8.98. The topological polar surface area (TPSA) is 105 Å². The first-order valence-corrected chi connectivity index (χ1v) is 6.53. The second kappa shape index (κ2) is 8.12. The summed E-state index contributed by atoms with van der Waals surface area (Å²) in [7, 11) is 0. The number of urea groups is 1. The number of nitrogens with one attached hydrogen (secondary N) is 3. The molecule has 0 radical (unpaired) electrons. The molecule has 106 valence electrons. The van der Waals surface area contributed by atoms with Crippen LogP contribution in [0.5, 0.6) is 0 Å². The van der Waals surface area contributed by atoms with Gasteiger partial charge in [0.1, 0.15) is 18.0 Å². The van der Waals surface area contributed by atoms with Crippen LogP contribution in [0.25, 0.3) is 0 Å². The minimum Gasteiger partial charge on any atom is -0.370 e. The van der Waals surface area contributed by atoms with Crippen molar-refractivity contribution in [1.29, 1.82) is 0 Å². The maximum Gasteiger partial charge on any atom is 0.312 e. The number of primary amides is 1. The van der Waals surface area contributed by atoms with E-state index in [2.05, 4.69) is 39.8 Å². The molecule has 0 saturated heterocycles. The molecular formula is C12H22N6O. The molecule has 0 unspecified atom stereocenters. The number of hydrogen-bond donors (Lipinski definition) is 4. The molecule has 0 aromatic carbocycles. The second-order valence-corrected chi connectivity index (χ2v) is 4.05. The number of aromatic nitrogens is 2. The molecule has 0 saturated carbocycles. The van der Waals surface area contributed by atoms with Gasteiger partial charge < -0.3 is 21.7 Å². The van der Waals surface area contributed by atoms with Gasteiger partial charge in [-0.25, -0.2) is 14.8 Å². The van der Waals surface area contributed by atoms with Gasteiger partial charge in [-0.05, 0) is 12.8 Å². The smallest absolute Gasteiger partial charge is 0.312 e. The lowest BCUT2D eigenvalue weighted by Gasteiger charge is -2.14. The van der Waals surface area contributed by atoms with Crippen molar-refractivity contribution < 1.29 is 4.79 Å². The second-order valence-electron chi connectivity index (χ2n) is 4.05. The molecular weight excluding hydrogens is 244 g/mol. The van der Waals surface area contributed by atoms with Gasteiger partial charge in [-0.2, -0.15) is 0 Å². The molecule has 0 atom stereocenters. The lowest BCUT2D eigenvalue weighted by atomic mass is 10.2. The summed E-state index contributed by atoms with van der Waals surface area (Å²) in [5.41, 5.74) is 6.04. The SMILES string of the molecule is CCCNc1ncnc(NCCNC(N)=O)c1CC. The van der Waals surface area contributed by atoms with Gasteiger partial charge in [0.05, 0.1) is 0 Å². The van der Waals surface area contributed by atoms with Crippen LogP contribution in [-0.2, 0) is 6.42 Å². The number of amides is 2. The van der Waals surface area contributed by atoms with Crippen molar-refractivity contribution in [3.05, 3.63) is 11.9 Å². The van der Waals surface area contributed by atoms with E-state index in [1.807, 2.05) is 0 Å². The summed E-state index contributed by atoms with van der Waals surface area (Å²) in [6.45, 7) is 6.07. The highest BCUT2D eigenvalue weighted by atomic mass is 16.2. The van der Waals surface area contributed by atoms with Gasteiger partial charge in [-0.15, -0.1) is 0 Å². The minimum atomic E-state index is -0.523. The molecule has 1 rings (SSSR count). The first-order chi connectivity index (χ1) is 9.19. The molecule has 0 aliphatic heterocycles. The maximum atomic E-state index is 10.6. The Morgan fingerprint density at radius 3 is 2.32 bits per heavy atom. The maximum absolute atomic E-state index is 10.6. The van der Waals surface area contributed by atoms with Crippen molar-refractivity contribution >= 4 is 17.7 Å². The third kappa shape index (κ3) is 4.99. The molecule has 1 aromatic heterocycles. The monoisotopic (exact) mass is 266 g/mol. The van der Waals surface area contributed by atoms with Crippen LogP contribution in [0.2, 0.25) is 0 Å². The van der Waals surface area contributed by atoms with Crippen LogP contribution < -0.4 is 21.7 Å². The van der Waals surface area contributed by atoms with E-state index in [-0.39, 0.29) is 0 Å². The van der Waals surface area contributed by atoms with E-state index in [0.717, 1.165) is 36.6 Å². The van der Waals surface area contributed by atoms with Gasteiger partial charge in [-0.3, -0.25) is 0 Å². The van der Waals surface area contributed by atoms with Crippen molar-refractivity contribution in [2.45, 2.75) is 26.7 Å². The zero-order valence-corrected chi connectivity index (χ0v) is 11.5. The number of anilines is 2. The number of rotatable bonds is 8. The average molecular weight is 266 g/mol. The van der Waals surface area contributed by atoms with Crippen molar-refractivity contribution in [1.82, 2.24) is 15.3 Å². The van der Waals surface area contributed by atoms with Crippen molar-refractivity contribution in [3.63, 3.8) is 0 Å². The predicted molar refractivity (Wildman–Crippen MR) is 76.3 cm³/mol. The summed E-state index contributed by atoms with van der Waals surface area (Å²) in [5.74, 6) is 1.66. The molecule has 2 amide bonds. The summed E-state index contributed by atoms with van der Waals surface area (Å²) in [6.07, 6.45) is 3.40. The van der Waals surface area contributed by atoms with Crippen LogP contribution >= 0.6 is 0 Å². The molecule has 19 heavy (non-hydrogen) atoms. The van der Waals surface area contributed by atoms with Crippen LogP contribution in [0.4, 0.5) is 16.4 Å². The van der Waals surface area contributed by atoms with Gasteiger partial charge >= 0.3 is 6.03 Å². The molecule has 1 aromatic rings. The summed E-state index contributed by atoms with van der Waals surface area (Å²) >= 11 is 0. The number of nitrogens with zero attached hydrogens (tertiary/aromatic N) is 2. The summed E-state index contributed by atoms with van der Waals surface area (Å²) < 4.78 is 0. The highest BCUT2D eigenvalue weighted by Gasteiger charge is 2.08. The fraction of sp³-hybridized carbons (Fsp3) is 0.583. The Labute approximate surface area is 113 Å². The largest absolute Gasteiger partial charge is 0.370 e. The van der Waals surface area contributed by atoms with Crippen LogP contribution in [0.15, 0.2) is 6.33 Å². The zero-order chi connectivity index (χ0) is 14.1. The average Bonchev–Trinajstić information content (AvgIpc) is 2.41. The number of hydrogen-bond acceptors (Lipinski definition) is 5. The van der Waals surface area contributed by atoms with E-state index in [1.165, 1.54) is 6.33 Å². The van der Waals surface area contributed by atoms with E-state index in [1.54, 1.807) is 0 Å². The van der Waals surface area contributed by atoms with Crippen molar-refractivity contribution in [3.8, 4) is 0 Å². The Morgan fingerprint density at radius 2 is 1.79 bits per heavy atom. The lowest BCUT2D eigenvalue weighted by molar-refractivity contribution is 0.249. The normalized spacial score (nSPS) is 10.0. The third-order valence-corrected chi connectivity index (χ3v) is 2.56. The van der Waals surface area contributed by atoms with E-state index >= 15 is 0 Å². The van der Waals surface area contributed by atoms with E-state index in [9.17, 15) is 4.79 Å². The Morgan fingerprint density at radius 1 is 1.16 bits per heavy atom. The minimum absolute atomic E-state index is 0.459. The highest BCUT2D eigenvalue weighted by Crippen LogP contribution is 2.19. The fourth-order valence-electron chi connectivity index (χ4n) is 1.66. The number of nitrogens with two attached hydrogens (primary N) is 1. The molecule has 7 nitrogen and oxygen atoms in total. The molecule has 1 heterocycles. The highest BCUT2D eigenvalue weighted by molar-refractivity contribution is 5.71. The molecule has 0 aliphatic carbocycles. The van der Waals surface area contributed by atoms with Gasteiger partial charge in [0.15, 0.2) is 0 Å². The Hall–Kier alpha value is -2.05. The van der Waals surface area contributed by atoms with Crippen molar-refractivity contribution in [2.75, 3.05) is 30.3 Å². The summed E-state index contributed by atoms with van der Waals surface area (Å²) in [4.78, 5) is 19.0. The quantitative estimate of drug-likeness (QED) is 0.524. The van der Waals surface area contributed by atoms with Crippen LogP contribution in [0.3, 0.4) is 0 Å². The first kappa shape index (κ1) is 15.0. The van der Waals surface area contributed by atoms with Crippen LogP contribution in [0, 0.1) is 0 Å². The molecule has 0 fully saturated rings. The Kier molecular flexibility index (Phi) is 6.42. The van der Waals surface area contributed by atoms with Gasteiger partial charge in [0.25, 0.3) is 0 Å². The van der Waals surface area contributed by atoms with Crippen LogP contribution in [0.1, 0.15) is 25.8 Å². The van der Waals surface area contributed by atoms with Gasteiger partial charge in [-0.1, -0.05) is 13.8 Å². The van der Waals surface area contributed by atoms with Gasteiger partial charge in [0.2, 0.25) is 0 Å². The molecule has 5 N–H and O–H groups in total. The number of carbonyl (C=O) groups is 1. The molecule has 0 bridgehead atoms. The fourth-order valence-corrected chi connectivity index (χ4v) is 1.66. The van der Waals surface area contributed by atoms with E-state index in [0.29, 0.717) is 13.1 Å². The number of carbonyl (C=O) groups excluding carboxylic acids is 1. The Bertz CT molecular complexity index is 409. The van der Waals surface area contributed by atoms with Gasteiger partial charge in [0, 0.05) is 25.2 Å². The first-order valence-electron chi connectivity index (χ1n) is 6.53. The third-order valence-electron chi connectivity index (χ3n) is 2.56. The van der Waals surface area contributed by atoms with Crippen LogP contribution in [-0.4, -0.2) is 35.6 Å². The molecule has 0 spiro atoms. The zero-order valence-electron chi connectivity index (χ0n) is 11.5. The summed E-state index contributed by atoms with van der Waals surface area (Å²) in [6, 6.07) is -0.523. The standard InChI is InChI=1S/C12H22N6O/c1-3-5-14-10-9(4-2)11(18-8-17-10)15-6-7-16-12(13)19/h8H,3-7H2,1-2H3,(H3,13,16,19)(H2,14,15,17,18). The van der Waals surface area contributed by atoms with E-state index in [4.69, 9.17) is 5.73 Å². The predicted octanol–water partition coefficient (Wildman–Crippen LogP) is 0.941. The van der Waals surface area contributed by atoms with E-state index < -0.39 is 6.03 Å².